The molecule has 0 aliphatic carbocycles. The smallest absolute Gasteiger partial charge is 0.189 e. The first-order valence-corrected chi connectivity index (χ1v) is 12.5. The SMILES string of the molecule is C/C(=N\NC(=S)N1CCOCC1)c1ccccn1.C/C(=N\NC(=S)N1CCOCC1)c1ccccn1. The molecule has 0 amide bonds. The number of hydrogen-bond donors (Lipinski definition) is 2. The Morgan fingerprint density at radius 2 is 1.11 bits per heavy atom. The molecule has 10 nitrogen and oxygen atoms in total. The van der Waals surface area contributed by atoms with Crippen molar-refractivity contribution in [1.82, 2.24) is 30.6 Å². The highest BCUT2D eigenvalue weighted by Crippen LogP contribution is 2.00. The number of nitrogens with zero attached hydrogens (tertiary/aromatic N) is 6. The average Bonchev–Trinajstić information content (AvgIpc) is 2.96. The van der Waals surface area contributed by atoms with Crippen molar-refractivity contribution in [1.29, 1.82) is 0 Å². The first-order valence-electron chi connectivity index (χ1n) is 11.7. The second kappa shape index (κ2) is 15.1. The third-order valence-corrected chi connectivity index (χ3v) is 6.01. The summed E-state index contributed by atoms with van der Waals surface area (Å²) in [6.07, 6.45) is 3.49. The van der Waals surface area contributed by atoms with Gasteiger partial charge < -0.3 is 19.3 Å². The molecule has 0 unspecified atom stereocenters. The van der Waals surface area contributed by atoms with E-state index in [0.717, 1.165) is 49.0 Å². The fourth-order valence-corrected chi connectivity index (χ4v) is 3.66. The molecule has 192 valence electrons. The van der Waals surface area contributed by atoms with Gasteiger partial charge in [-0.2, -0.15) is 10.2 Å². The van der Waals surface area contributed by atoms with Crippen LogP contribution in [0.1, 0.15) is 25.2 Å². The van der Waals surface area contributed by atoms with Crippen LogP contribution in [0.25, 0.3) is 0 Å². The van der Waals surface area contributed by atoms with E-state index in [0.29, 0.717) is 36.7 Å². The van der Waals surface area contributed by atoms with Crippen molar-refractivity contribution in [3.63, 3.8) is 0 Å². The van der Waals surface area contributed by atoms with Gasteiger partial charge in [-0.3, -0.25) is 20.8 Å². The highest BCUT2D eigenvalue weighted by molar-refractivity contribution is 7.80. The van der Waals surface area contributed by atoms with Gasteiger partial charge in [0.15, 0.2) is 10.2 Å². The molecule has 2 aromatic rings. The van der Waals surface area contributed by atoms with Crippen LogP contribution in [-0.2, 0) is 9.47 Å². The molecule has 0 bridgehead atoms. The summed E-state index contributed by atoms with van der Waals surface area (Å²) in [7, 11) is 0. The molecular weight excluding hydrogens is 496 g/mol. The van der Waals surface area contributed by atoms with E-state index in [1.165, 1.54) is 0 Å². The number of thiocarbonyl (C=S) groups is 2. The third-order valence-electron chi connectivity index (χ3n) is 5.31. The van der Waals surface area contributed by atoms with Gasteiger partial charge in [-0.25, -0.2) is 0 Å². The topological polar surface area (TPSA) is 99.5 Å². The van der Waals surface area contributed by atoms with Gasteiger partial charge in [0.05, 0.1) is 49.2 Å². The van der Waals surface area contributed by atoms with Crippen LogP contribution >= 0.6 is 24.4 Å². The third kappa shape index (κ3) is 9.19. The summed E-state index contributed by atoms with van der Waals surface area (Å²) >= 11 is 10.5. The molecule has 2 N–H and O–H groups in total. The number of nitrogens with one attached hydrogen (secondary N) is 2. The van der Waals surface area contributed by atoms with Crippen molar-refractivity contribution in [2.45, 2.75) is 13.8 Å². The molecule has 2 fully saturated rings. The molecule has 2 aliphatic heterocycles. The Balaban J connectivity index is 0.000000201. The maximum Gasteiger partial charge on any atom is 0.189 e. The maximum absolute atomic E-state index is 5.27. The number of hydrogen-bond acceptors (Lipinski definition) is 8. The monoisotopic (exact) mass is 528 g/mol. The van der Waals surface area contributed by atoms with E-state index in [2.05, 4.69) is 31.0 Å². The molecule has 0 saturated carbocycles. The number of morpholine rings is 2. The van der Waals surface area contributed by atoms with Gasteiger partial charge in [0.25, 0.3) is 0 Å². The van der Waals surface area contributed by atoms with Crippen LogP contribution in [0.3, 0.4) is 0 Å². The summed E-state index contributed by atoms with van der Waals surface area (Å²) in [6.45, 7) is 9.89. The van der Waals surface area contributed by atoms with Crippen LogP contribution in [0, 0.1) is 0 Å². The van der Waals surface area contributed by atoms with Gasteiger partial charge in [-0.05, 0) is 62.5 Å². The van der Waals surface area contributed by atoms with E-state index in [1.807, 2.05) is 60.0 Å². The van der Waals surface area contributed by atoms with Crippen molar-refractivity contribution in [3.05, 3.63) is 60.2 Å². The van der Waals surface area contributed by atoms with Crippen molar-refractivity contribution in [2.24, 2.45) is 10.2 Å². The Bertz CT molecular complexity index is 941. The molecular formula is C24H32N8O2S2. The number of hydrazone groups is 2. The fourth-order valence-electron chi connectivity index (χ4n) is 3.21. The minimum absolute atomic E-state index is 0.633. The first kappa shape index (κ1) is 27.5. The molecule has 2 saturated heterocycles. The van der Waals surface area contributed by atoms with Gasteiger partial charge in [-0.1, -0.05) is 12.1 Å². The minimum Gasteiger partial charge on any atom is -0.378 e. The van der Waals surface area contributed by atoms with E-state index in [1.54, 1.807) is 12.4 Å². The molecule has 4 rings (SSSR count). The zero-order valence-electron chi connectivity index (χ0n) is 20.6. The van der Waals surface area contributed by atoms with E-state index < -0.39 is 0 Å². The molecule has 0 aromatic carbocycles. The van der Waals surface area contributed by atoms with Crippen LogP contribution < -0.4 is 10.9 Å². The molecule has 2 aliphatic rings. The molecule has 36 heavy (non-hydrogen) atoms. The van der Waals surface area contributed by atoms with Gasteiger partial charge in [0, 0.05) is 38.6 Å². The van der Waals surface area contributed by atoms with E-state index in [9.17, 15) is 0 Å². The second-order valence-electron chi connectivity index (χ2n) is 7.86. The van der Waals surface area contributed by atoms with Gasteiger partial charge in [-0.15, -0.1) is 0 Å². The largest absolute Gasteiger partial charge is 0.378 e. The lowest BCUT2D eigenvalue weighted by atomic mass is 10.3. The summed E-state index contributed by atoms with van der Waals surface area (Å²) in [5.74, 6) is 0. The normalized spacial score (nSPS) is 16.5. The maximum atomic E-state index is 5.27. The Kier molecular flexibility index (Phi) is 11.6. The highest BCUT2D eigenvalue weighted by Gasteiger charge is 2.14. The van der Waals surface area contributed by atoms with Crippen molar-refractivity contribution >= 4 is 46.1 Å². The average molecular weight is 529 g/mol. The molecule has 2 aromatic heterocycles. The Hall–Kier alpha value is -3.06. The number of ether oxygens (including phenoxy) is 2. The first-order chi connectivity index (χ1) is 17.5. The fraction of sp³-hybridized carbons (Fsp3) is 0.417. The Morgan fingerprint density at radius 1 is 0.722 bits per heavy atom. The lowest BCUT2D eigenvalue weighted by Gasteiger charge is -2.28. The molecule has 12 heteroatoms. The van der Waals surface area contributed by atoms with Crippen LogP contribution in [0.15, 0.2) is 59.0 Å². The number of rotatable bonds is 4. The van der Waals surface area contributed by atoms with Crippen molar-refractivity contribution in [2.75, 3.05) is 52.6 Å². The summed E-state index contributed by atoms with van der Waals surface area (Å²) in [5, 5.41) is 9.77. The highest BCUT2D eigenvalue weighted by atomic mass is 32.1. The van der Waals surface area contributed by atoms with Crippen LogP contribution in [0.2, 0.25) is 0 Å². The standard InChI is InChI=1S/2C12H16N4OS/c2*1-10(11-4-2-3-5-13-11)14-15-12(18)16-6-8-17-9-7-16/h2*2-5H,6-9H2,1H3,(H,15,18)/b2*14-10+. The van der Waals surface area contributed by atoms with Crippen LogP contribution in [-0.4, -0.2) is 94.0 Å². The molecule has 0 radical (unpaired) electrons. The van der Waals surface area contributed by atoms with Gasteiger partial charge in [0.2, 0.25) is 0 Å². The predicted octanol–water partition coefficient (Wildman–Crippen LogP) is 2.02. The second-order valence-corrected chi connectivity index (χ2v) is 8.63. The quantitative estimate of drug-likeness (QED) is 0.348. The van der Waals surface area contributed by atoms with Crippen molar-refractivity contribution in [3.8, 4) is 0 Å². The van der Waals surface area contributed by atoms with E-state index >= 15 is 0 Å². The van der Waals surface area contributed by atoms with Crippen LogP contribution in [0.4, 0.5) is 0 Å². The predicted molar refractivity (Wildman–Crippen MR) is 149 cm³/mol. The van der Waals surface area contributed by atoms with E-state index in [-0.39, 0.29) is 0 Å². The van der Waals surface area contributed by atoms with Crippen molar-refractivity contribution < 1.29 is 9.47 Å². The Labute approximate surface area is 222 Å². The number of aromatic nitrogens is 2. The summed E-state index contributed by atoms with van der Waals surface area (Å²) in [5.41, 5.74) is 9.11. The molecule has 4 heterocycles. The minimum atomic E-state index is 0.633. The van der Waals surface area contributed by atoms with Gasteiger partial charge >= 0.3 is 0 Å². The number of pyridine rings is 2. The lowest BCUT2D eigenvalue weighted by molar-refractivity contribution is 0.0677. The summed E-state index contributed by atoms with van der Waals surface area (Å²) in [6, 6.07) is 11.4. The summed E-state index contributed by atoms with van der Waals surface area (Å²) < 4.78 is 10.5. The lowest BCUT2D eigenvalue weighted by Crippen LogP contribution is -2.44. The van der Waals surface area contributed by atoms with E-state index in [4.69, 9.17) is 33.9 Å². The molecule has 0 atom stereocenters. The Morgan fingerprint density at radius 3 is 1.44 bits per heavy atom. The van der Waals surface area contributed by atoms with Gasteiger partial charge in [0.1, 0.15) is 0 Å². The summed E-state index contributed by atoms with van der Waals surface area (Å²) in [4.78, 5) is 12.5. The zero-order chi connectivity index (χ0) is 25.6. The van der Waals surface area contributed by atoms with Crippen LogP contribution in [0.5, 0.6) is 0 Å². The zero-order valence-corrected chi connectivity index (χ0v) is 22.2. The molecule has 0 spiro atoms.